The standard InChI is InChI=1S/C12H15N5O4/c13-10-8-11(15-4-14-10)17(5-16-8)12-9(20)7(19)2-1-6(3-18)21-12/h1-2,4-7,9,12,18-20H,3H2,(H2,13,14,15)/t6-,7+,9+,12+/m0/s1. The van der Waals surface area contributed by atoms with Gasteiger partial charge in [0.15, 0.2) is 17.7 Å². The van der Waals surface area contributed by atoms with Crippen molar-refractivity contribution in [3.63, 3.8) is 0 Å². The van der Waals surface area contributed by atoms with Crippen LogP contribution in [0.15, 0.2) is 24.8 Å². The minimum atomic E-state index is -1.24. The Kier molecular flexibility index (Phi) is 3.55. The second kappa shape index (κ2) is 5.37. The van der Waals surface area contributed by atoms with Gasteiger partial charge in [0.05, 0.1) is 12.9 Å². The summed E-state index contributed by atoms with van der Waals surface area (Å²) in [5.41, 5.74) is 6.46. The summed E-state index contributed by atoms with van der Waals surface area (Å²) in [6.07, 6.45) is 1.55. The van der Waals surface area contributed by atoms with Gasteiger partial charge in [-0.25, -0.2) is 15.0 Å². The fourth-order valence-electron chi connectivity index (χ4n) is 2.22. The van der Waals surface area contributed by atoms with Crippen molar-refractivity contribution in [3.05, 3.63) is 24.8 Å². The Labute approximate surface area is 119 Å². The SMILES string of the molecule is Nc1ncnc2c1ncn2[C@@H]1O[C@H](CO)C=C[C@@H](O)[C@H]1O. The van der Waals surface area contributed by atoms with Gasteiger partial charge in [0.1, 0.15) is 30.2 Å². The molecule has 0 saturated carbocycles. The van der Waals surface area contributed by atoms with Crippen molar-refractivity contribution in [2.24, 2.45) is 0 Å². The lowest BCUT2D eigenvalue weighted by molar-refractivity contribution is -0.130. The Balaban J connectivity index is 2.05. The van der Waals surface area contributed by atoms with Gasteiger partial charge >= 0.3 is 0 Å². The third-order valence-corrected chi connectivity index (χ3v) is 3.32. The van der Waals surface area contributed by atoms with Crippen LogP contribution in [0.2, 0.25) is 0 Å². The van der Waals surface area contributed by atoms with Crippen LogP contribution in [0.3, 0.4) is 0 Å². The molecule has 3 rings (SSSR count). The number of rotatable bonds is 2. The first-order valence-electron chi connectivity index (χ1n) is 6.35. The number of anilines is 1. The number of aliphatic hydroxyl groups excluding tert-OH is 3. The molecule has 9 heteroatoms. The molecule has 0 aliphatic carbocycles. The van der Waals surface area contributed by atoms with Crippen molar-refractivity contribution in [2.75, 3.05) is 12.3 Å². The average Bonchev–Trinajstić information content (AvgIpc) is 2.86. The van der Waals surface area contributed by atoms with Crippen LogP contribution in [0.25, 0.3) is 11.2 Å². The Hall–Kier alpha value is -2.07. The normalized spacial score (nSPS) is 29.7. The number of fused-ring (bicyclic) bond motifs is 1. The van der Waals surface area contributed by atoms with E-state index in [1.54, 1.807) is 0 Å². The van der Waals surface area contributed by atoms with Crippen LogP contribution in [0.5, 0.6) is 0 Å². The number of aliphatic hydroxyl groups is 3. The minimum Gasteiger partial charge on any atom is -0.393 e. The topological polar surface area (TPSA) is 140 Å². The Morgan fingerprint density at radius 2 is 2.05 bits per heavy atom. The van der Waals surface area contributed by atoms with Crippen LogP contribution in [0.1, 0.15) is 6.23 Å². The molecule has 0 radical (unpaired) electrons. The van der Waals surface area contributed by atoms with Crippen LogP contribution in [-0.4, -0.2) is 59.8 Å². The van der Waals surface area contributed by atoms with Crippen molar-refractivity contribution in [3.8, 4) is 0 Å². The highest BCUT2D eigenvalue weighted by atomic mass is 16.5. The van der Waals surface area contributed by atoms with E-state index in [-0.39, 0.29) is 12.4 Å². The van der Waals surface area contributed by atoms with Crippen LogP contribution in [-0.2, 0) is 4.74 Å². The van der Waals surface area contributed by atoms with E-state index in [1.807, 2.05) is 0 Å². The number of hydrogen-bond acceptors (Lipinski definition) is 8. The molecule has 0 aromatic carbocycles. The number of imidazole rings is 1. The molecule has 0 unspecified atom stereocenters. The fraction of sp³-hybridized carbons (Fsp3) is 0.417. The van der Waals surface area contributed by atoms with Gasteiger partial charge in [-0.1, -0.05) is 12.2 Å². The van der Waals surface area contributed by atoms with Crippen molar-refractivity contribution in [2.45, 2.75) is 24.5 Å². The molecule has 0 saturated heterocycles. The molecule has 9 nitrogen and oxygen atoms in total. The van der Waals surface area contributed by atoms with Gasteiger partial charge in [-0.3, -0.25) is 4.57 Å². The van der Waals surface area contributed by atoms with E-state index in [9.17, 15) is 15.3 Å². The maximum atomic E-state index is 10.2. The highest BCUT2D eigenvalue weighted by molar-refractivity contribution is 5.81. The third kappa shape index (κ3) is 2.36. The molecular weight excluding hydrogens is 278 g/mol. The maximum Gasteiger partial charge on any atom is 0.167 e. The minimum absolute atomic E-state index is 0.208. The van der Waals surface area contributed by atoms with Crippen molar-refractivity contribution in [1.29, 1.82) is 0 Å². The van der Waals surface area contributed by atoms with Gasteiger partial charge in [0.2, 0.25) is 0 Å². The van der Waals surface area contributed by atoms with Gasteiger partial charge in [-0.2, -0.15) is 0 Å². The van der Waals surface area contributed by atoms with Gasteiger partial charge in [-0.15, -0.1) is 0 Å². The largest absolute Gasteiger partial charge is 0.393 e. The second-order valence-corrected chi connectivity index (χ2v) is 4.70. The number of ether oxygens (including phenoxy) is 1. The molecule has 21 heavy (non-hydrogen) atoms. The van der Waals surface area contributed by atoms with Crippen LogP contribution in [0.4, 0.5) is 5.82 Å². The summed E-state index contributed by atoms with van der Waals surface area (Å²) in [6.45, 7) is -0.282. The Morgan fingerprint density at radius 3 is 2.81 bits per heavy atom. The number of nitrogens with two attached hydrogens (primary N) is 1. The first-order valence-corrected chi connectivity index (χ1v) is 6.35. The van der Waals surface area contributed by atoms with Gasteiger partial charge in [0, 0.05) is 0 Å². The highest BCUT2D eigenvalue weighted by Gasteiger charge is 2.33. The lowest BCUT2D eigenvalue weighted by atomic mass is 10.1. The van der Waals surface area contributed by atoms with E-state index in [0.717, 1.165) is 0 Å². The lowest BCUT2D eigenvalue weighted by Gasteiger charge is -2.26. The predicted molar refractivity (Wildman–Crippen MR) is 71.9 cm³/mol. The zero-order valence-corrected chi connectivity index (χ0v) is 10.9. The summed E-state index contributed by atoms with van der Waals surface area (Å²) < 4.78 is 7.07. The number of nitrogens with zero attached hydrogens (tertiary/aromatic N) is 4. The quantitative estimate of drug-likeness (QED) is 0.494. The summed E-state index contributed by atoms with van der Waals surface area (Å²) in [5.74, 6) is 0.208. The molecule has 1 aliphatic rings. The second-order valence-electron chi connectivity index (χ2n) is 4.70. The number of nitrogen functional groups attached to an aromatic ring is 1. The molecule has 0 bridgehead atoms. The van der Waals surface area contributed by atoms with Crippen molar-refractivity contribution in [1.82, 2.24) is 19.5 Å². The maximum absolute atomic E-state index is 10.2. The van der Waals surface area contributed by atoms with E-state index >= 15 is 0 Å². The van der Waals surface area contributed by atoms with Gasteiger partial charge in [0.25, 0.3) is 0 Å². The summed E-state index contributed by atoms with van der Waals surface area (Å²) >= 11 is 0. The van der Waals surface area contributed by atoms with E-state index in [4.69, 9.17) is 10.5 Å². The highest BCUT2D eigenvalue weighted by Crippen LogP contribution is 2.27. The smallest absolute Gasteiger partial charge is 0.167 e. The van der Waals surface area contributed by atoms with E-state index in [2.05, 4.69) is 15.0 Å². The van der Waals surface area contributed by atoms with Crippen LogP contribution < -0.4 is 5.73 Å². The molecule has 5 N–H and O–H groups in total. The van der Waals surface area contributed by atoms with E-state index in [0.29, 0.717) is 11.2 Å². The van der Waals surface area contributed by atoms with E-state index in [1.165, 1.54) is 29.4 Å². The Morgan fingerprint density at radius 1 is 1.24 bits per heavy atom. The first-order chi connectivity index (χ1) is 10.1. The first kappa shape index (κ1) is 13.9. The predicted octanol–water partition coefficient (Wildman–Crippen LogP) is -1.42. The van der Waals surface area contributed by atoms with Crippen molar-refractivity contribution < 1.29 is 20.1 Å². The summed E-state index contributed by atoms with van der Waals surface area (Å²) in [4.78, 5) is 12.0. The van der Waals surface area contributed by atoms with E-state index < -0.39 is 24.5 Å². The molecule has 0 amide bonds. The molecule has 112 valence electrons. The van der Waals surface area contributed by atoms with Gasteiger partial charge in [-0.05, 0) is 0 Å². The lowest BCUT2D eigenvalue weighted by Crippen LogP contribution is -2.35. The van der Waals surface area contributed by atoms with Crippen LogP contribution >= 0.6 is 0 Å². The van der Waals surface area contributed by atoms with Gasteiger partial charge < -0.3 is 25.8 Å². The van der Waals surface area contributed by atoms with Crippen molar-refractivity contribution >= 4 is 17.0 Å². The zero-order chi connectivity index (χ0) is 15.0. The van der Waals surface area contributed by atoms with Crippen LogP contribution in [0, 0.1) is 0 Å². The average molecular weight is 293 g/mol. The Bertz CT molecular complexity index is 673. The number of aromatic nitrogens is 4. The molecule has 0 spiro atoms. The molecule has 2 aromatic rings. The monoisotopic (exact) mass is 293 g/mol. The summed E-state index contributed by atoms with van der Waals surface area (Å²) in [6, 6.07) is 0. The fourth-order valence-corrected chi connectivity index (χ4v) is 2.22. The molecule has 0 fully saturated rings. The summed E-state index contributed by atoms with van der Waals surface area (Å²) in [5, 5.41) is 29.3. The molecular formula is C12H15N5O4. The summed E-state index contributed by atoms with van der Waals surface area (Å²) in [7, 11) is 0. The molecule has 3 heterocycles. The third-order valence-electron chi connectivity index (χ3n) is 3.32. The number of hydrogen-bond donors (Lipinski definition) is 4. The zero-order valence-electron chi connectivity index (χ0n) is 10.9. The molecule has 2 aromatic heterocycles. The molecule has 1 aliphatic heterocycles. The molecule has 4 atom stereocenters.